The molecule has 124 valence electrons. The number of carbonyl (C=O) groups is 4. The molecule has 0 aromatic carbocycles. The molecule has 1 saturated heterocycles. The zero-order valence-corrected chi connectivity index (χ0v) is 12.6. The lowest BCUT2D eigenvalue weighted by atomic mass is 10.1. The van der Waals surface area contributed by atoms with Gasteiger partial charge in [-0.05, 0) is 6.92 Å². The number of nitrogens with zero attached hydrogens (tertiary/aromatic N) is 1. The predicted octanol–water partition coefficient (Wildman–Crippen LogP) is -2.11. The first kappa shape index (κ1) is 17.9. The Labute approximate surface area is 127 Å². The molecule has 1 fully saturated rings. The third kappa shape index (κ3) is 4.69. The van der Waals surface area contributed by atoms with Gasteiger partial charge in [0.2, 0.25) is 17.7 Å². The maximum Gasteiger partial charge on any atom is 0.308 e. The molecule has 1 rings (SSSR count). The van der Waals surface area contributed by atoms with Gasteiger partial charge < -0.3 is 25.8 Å². The van der Waals surface area contributed by atoms with Crippen LogP contribution >= 0.6 is 0 Å². The van der Waals surface area contributed by atoms with Crippen LogP contribution in [0.3, 0.4) is 0 Å². The molecule has 0 bridgehead atoms. The molecule has 0 unspecified atom stereocenters. The van der Waals surface area contributed by atoms with Gasteiger partial charge in [-0.15, -0.1) is 0 Å². The van der Waals surface area contributed by atoms with Crippen molar-refractivity contribution in [2.75, 3.05) is 13.2 Å². The monoisotopic (exact) mass is 315 g/mol. The molecule has 1 aliphatic rings. The molecule has 0 aromatic rings. The number of hydrogen-bond acceptors (Lipinski definition) is 6. The first-order valence-electron chi connectivity index (χ1n) is 6.96. The second-order valence-electron chi connectivity index (χ2n) is 5.05. The van der Waals surface area contributed by atoms with Gasteiger partial charge in [0.25, 0.3) is 0 Å². The number of amides is 3. The number of nitrogens with two attached hydrogens (primary N) is 1. The third-order valence-corrected chi connectivity index (χ3v) is 3.32. The quantitative estimate of drug-likeness (QED) is 0.479. The SMILES string of the molecule is CCOC(=O)C[C@@H](NC(=O)[C@@H]1C[C@@H](O)CN1C(C)=O)C(N)=O. The number of aliphatic hydroxyl groups excluding tert-OH is 1. The maximum atomic E-state index is 12.2. The summed E-state index contributed by atoms with van der Waals surface area (Å²) in [6.07, 6.45) is -1.13. The van der Waals surface area contributed by atoms with Crippen molar-refractivity contribution < 1.29 is 29.0 Å². The normalized spacial score (nSPS) is 22.0. The van der Waals surface area contributed by atoms with Crippen molar-refractivity contribution in [2.45, 2.75) is 44.9 Å². The van der Waals surface area contributed by atoms with Gasteiger partial charge in [0.15, 0.2) is 0 Å². The van der Waals surface area contributed by atoms with Crippen LogP contribution in [0.4, 0.5) is 0 Å². The highest BCUT2D eigenvalue weighted by molar-refractivity contribution is 5.93. The van der Waals surface area contributed by atoms with E-state index in [-0.39, 0.29) is 31.9 Å². The Morgan fingerprint density at radius 1 is 1.41 bits per heavy atom. The van der Waals surface area contributed by atoms with Crippen LogP contribution in [0.2, 0.25) is 0 Å². The van der Waals surface area contributed by atoms with E-state index in [1.807, 2.05) is 0 Å². The smallest absolute Gasteiger partial charge is 0.308 e. The minimum absolute atomic E-state index is 0.0481. The molecule has 3 amide bonds. The number of hydrogen-bond donors (Lipinski definition) is 3. The summed E-state index contributed by atoms with van der Waals surface area (Å²) >= 11 is 0. The summed E-state index contributed by atoms with van der Waals surface area (Å²) in [5, 5.41) is 11.9. The van der Waals surface area contributed by atoms with Crippen molar-refractivity contribution in [1.82, 2.24) is 10.2 Å². The molecular formula is C13H21N3O6. The van der Waals surface area contributed by atoms with Crippen LogP contribution in [0, 0.1) is 0 Å². The zero-order chi connectivity index (χ0) is 16.9. The molecule has 22 heavy (non-hydrogen) atoms. The maximum absolute atomic E-state index is 12.2. The van der Waals surface area contributed by atoms with Gasteiger partial charge in [-0.2, -0.15) is 0 Å². The molecule has 0 radical (unpaired) electrons. The molecule has 0 spiro atoms. The highest BCUT2D eigenvalue weighted by atomic mass is 16.5. The number of rotatable bonds is 6. The predicted molar refractivity (Wildman–Crippen MR) is 74.2 cm³/mol. The molecular weight excluding hydrogens is 294 g/mol. The van der Waals surface area contributed by atoms with Crippen molar-refractivity contribution in [2.24, 2.45) is 5.73 Å². The number of likely N-dealkylation sites (tertiary alicyclic amines) is 1. The molecule has 4 N–H and O–H groups in total. The van der Waals surface area contributed by atoms with E-state index in [1.165, 1.54) is 11.8 Å². The Kier molecular flexibility index (Phi) is 6.29. The number of primary amides is 1. The Balaban J connectivity index is 2.72. The fourth-order valence-corrected chi connectivity index (χ4v) is 2.29. The highest BCUT2D eigenvalue weighted by Crippen LogP contribution is 2.18. The molecule has 0 aliphatic carbocycles. The Morgan fingerprint density at radius 2 is 2.05 bits per heavy atom. The standard InChI is InChI=1S/C13H21N3O6/c1-3-22-11(19)5-9(12(14)20)15-13(21)10-4-8(18)6-16(10)7(2)17/h8-10,18H,3-6H2,1-2H3,(H2,14,20)(H,15,21)/t8-,9-,10+/m1/s1. The van der Waals surface area contributed by atoms with Crippen LogP contribution in [0.25, 0.3) is 0 Å². The summed E-state index contributed by atoms with van der Waals surface area (Å²) in [6.45, 7) is 3.08. The summed E-state index contributed by atoms with van der Waals surface area (Å²) in [5.74, 6) is -2.55. The van der Waals surface area contributed by atoms with Gasteiger partial charge in [-0.1, -0.05) is 0 Å². The minimum Gasteiger partial charge on any atom is -0.466 e. The Bertz CT molecular complexity index is 467. The molecule has 9 heteroatoms. The number of nitrogens with one attached hydrogen (secondary N) is 1. The van der Waals surface area contributed by atoms with Gasteiger partial charge in [-0.3, -0.25) is 19.2 Å². The van der Waals surface area contributed by atoms with Gasteiger partial charge in [-0.25, -0.2) is 0 Å². The summed E-state index contributed by atoms with van der Waals surface area (Å²) in [4.78, 5) is 47.6. The van der Waals surface area contributed by atoms with E-state index in [2.05, 4.69) is 5.32 Å². The van der Waals surface area contributed by atoms with Crippen LogP contribution < -0.4 is 11.1 Å². The van der Waals surface area contributed by atoms with E-state index in [0.29, 0.717) is 0 Å². The van der Waals surface area contributed by atoms with E-state index in [9.17, 15) is 24.3 Å². The molecule has 1 aliphatic heterocycles. The van der Waals surface area contributed by atoms with Crippen LogP contribution in [0.1, 0.15) is 26.7 Å². The number of aliphatic hydroxyl groups is 1. The van der Waals surface area contributed by atoms with Crippen LogP contribution in [0.5, 0.6) is 0 Å². The average molecular weight is 315 g/mol. The van der Waals surface area contributed by atoms with E-state index in [1.54, 1.807) is 6.92 Å². The van der Waals surface area contributed by atoms with E-state index < -0.39 is 36.0 Å². The van der Waals surface area contributed by atoms with Crippen molar-refractivity contribution in [1.29, 1.82) is 0 Å². The molecule has 0 saturated carbocycles. The fraction of sp³-hybridized carbons (Fsp3) is 0.692. The fourth-order valence-electron chi connectivity index (χ4n) is 2.29. The van der Waals surface area contributed by atoms with Crippen molar-refractivity contribution in [3.05, 3.63) is 0 Å². The van der Waals surface area contributed by atoms with Gasteiger partial charge in [0.1, 0.15) is 12.1 Å². The zero-order valence-electron chi connectivity index (χ0n) is 12.6. The highest BCUT2D eigenvalue weighted by Gasteiger charge is 2.38. The first-order chi connectivity index (χ1) is 10.3. The first-order valence-corrected chi connectivity index (χ1v) is 6.96. The van der Waals surface area contributed by atoms with Crippen LogP contribution in [-0.4, -0.2) is 65.0 Å². The summed E-state index contributed by atoms with van der Waals surface area (Å²) in [5.41, 5.74) is 5.16. The summed E-state index contributed by atoms with van der Waals surface area (Å²) in [7, 11) is 0. The second-order valence-corrected chi connectivity index (χ2v) is 5.05. The molecule has 3 atom stereocenters. The van der Waals surface area contributed by atoms with E-state index in [0.717, 1.165) is 0 Å². The number of ether oxygens (including phenoxy) is 1. The van der Waals surface area contributed by atoms with Gasteiger partial charge in [0.05, 0.1) is 19.1 Å². The van der Waals surface area contributed by atoms with Crippen molar-refractivity contribution in [3.8, 4) is 0 Å². The van der Waals surface area contributed by atoms with Gasteiger partial charge >= 0.3 is 5.97 Å². The topological polar surface area (TPSA) is 139 Å². The van der Waals surface area contributed by atoms with Crippen LogP contribution in [-0.2, 0) is 23.9 Å². The molecule has 0 aromatic heterocycles. The number of carbonyl (C=O) groups excluding carboxylic acids is 4. The largest absolute Gasteiger partial charge is 0.466 e. The Hall–Kier alpha value is -2.16. The number of esters is 1. The number of β-amino-alcohol motifs (C(OH)–C–C–N with tert-alkyl or cyclic N) is 1. The average Bonchev–Trinajstić information content (AvgIpc) is 2.80. The van der Waals surface area contributed by atoms with E-state index in [4.69, 9.17) is 10.5 Å². The lowest BCUT2D eigenvalue weighted by Crippen LogP contribution is -2.52. The second kappa shape index (κ2) is 7.74. The summed E-state index contributed by atoms with van der Waals surface area (Å²) in [6, 6.07) is -2.12. The third-order valence-electron chi connectivity index (χ3n) is 3.32. The lowest BCUT2D eigenvalue weighted by molar-refractivity contribution is -0.146. The van der Waals surface area contributed by atoms with Crippen LogP contribution in [0.15, 0.2) is 0 Å². The molecule has 9 nitrogen and oxygen atoms in total. The van der Waals surface area contributed by atoms with E-state index >= 15 is 0 Å². The minimum atomic E-state index is -1.22. The van der Waals surface area contributed by atoms with Crippen molar-refractivity contribution >= 4 is 23.7 Å². The lowest BCUT2D eigenvalue weighted by Gasteiger charge is -2.24. The summed E-state index contributed by atoms with van der Waals surface area (Å²) < 4.78 is 4.70. The Morgan fingerprint density at radius 3 is 2.55 bits per heavy atom. The molecule has 1 heterocycles. The van der Waals surface area contributed by atoms with Crippen molar-refractivity contribution in [3.63, 3.8) is 0 Å². The van der Waals surface area contributed by atoms with Gasteiger partial charge in [0, 0.05) is 19.9 Å².